The lowest BCUT2D eigenvalue weighted by molar-refractivity contribution is 0.0938. The first-order valence-electron chi connectivity index (χ1n) is 10.9. The van der Waals surface area contributed by atoms with Crippen LogP contribution in [0.4, 0.5) is 10.1 Å². The molecule has 0 fully saturated rings. The summed E-state index contributed by atoms with van der Waals surface area (Å²) in [5.41, 5.74) is 2.43. The molecule has 6 nitrogen and oxygen atoms in total. The lowest BCUT2D eigenvalue weighted by atomic mass is 10.0. The van der Waals surface area contributed by atoms with Crippen LogP contribution >= 0.6 is 0 Å². The zero-order valence-corrected chi connectivity index (χ0v) is 20.3. The lowest BCUT2D eigenvalue weighted by Crippen LogP contribution is -2.33. The molecule has 3 aromatic carbocycles. The summed E-state index contributed by atoms with van der Waals surface area (Å²) in [7, 11) is -2.21. The summed E-state index contributed by atoms with van der Waals surface area (Å²) in [6.45, 7) is 1.88. The third kappa shape index (κ3) is 6.81. The van der Waals surface area contributed by atoms with Gasteiger partial charge in [0.1, 0.15) is 11.6 Å². The molecule has 1 atom stereocenters. The molecule has 0 bridgehead atoms. The van der Waals surface area contributed by atoms with Crippen LogP contribution in [0, 0.1) is 5.82 Å². The number of aryl methyl sites for hydroxylation is 1. The molecular formula is C26H29FN2O4S. The van der Waals surface area contributed by atoms with Crippen molar-refractivity contribution in [2.24, 2.45) is 0 Å². The minimum absolute atomic E-state index is 0.0509. The van der Waals surface area contributed by atoms with Crippen molar-refractivity contribution in [1.82, 2.24) is 5.32 Å². The smallest absolute Gasteiger partial charge is 0.251 e. The van der Waals surface area contributed by atoms with E-state index in [-0.39, 0.29) is 18.5 Å². The van der Waals surface area contributed by atoms with Gasteiger partial charge in [0.2, 0.25) is 10.0 Å². The van der Waals surface area contributed by atoms with E-state index in [2.05, 4.69) is 17.4 Å². The summed E-state index contributed by atoms with van der Waals surface area (Å²) in [6.07, 6.45) is 2.70. The van der Waals surface area contributed by atoms with Crippen LogP contribution in [-0.4, -0.2) is 33.7 Å². The van der Waals surface area contributed by atoms with Crippen LogP contribution in [0.5, 0.6) is 5.75 Å². The van der Waals surface area contributed by atoms with E-state index in [0.717, 1.165) is 23.4 Å². The van der Waals surface area contributed by atoms with Crippen molar-refractivity contribution in [2.45, 2.75) is 32.4 Å². The number of carbonyl (C=O) groups excluding carboxylic acids is 1. The van der Waals surface area contributed by atoms with E-state index >= 15 is 0 Å². The van der Waals surface area contributed by atoms with Crippen molar-refractivity contribution in [3.8, 4) is 5.75 Å². The highest BCUT2D eigenvalue weighted by molar-refractivity contribution is 7.92. The number of anilines is 1. The Bertz CT molecular complexity index is 1220. The van der Waals surface area contributed by atoms with Gasteiger partial charge in [-0.1, -0.05) is 30.3 Å². The summed E-state index contributed by atoms with van der Waals surface area (Å²) in [5.74, 6) is -0.267. The van der Waals surface area contributed by atoms with E-state index in [1.807, 2.05) is 25.1 Å². The number of benzene rings is 3. The number of ether oxygens (including phenoxy) is 1. The Kier molecular flexibility index (Phi) is 8.28. The van der Waals surface area contributed by atoms with E-state index in [0.29, 0.717) is 22.6 Å². The van der Waals surface area contributed by atoms with E-state index < -0.39 is 15.8 Å². The van der Waals surface area contributed by atoms with Crippen LogP contribution in [0.3, 0.4) is 0 Å². The number of carbonyl (C=O) groups is 1. The molecule has 0 aliphatic heterocycles. The summed E-state index contributed by atoms with van der Waals surface area (Å²) in [6, 6.07) is 20.1. The Hall–Kier alpha value is -3.39. The van der Waals surface area contributed by atoms with Crippen molar-refractivity contribution < 1.29 is 22.3 Å². The Labute approximate surface area is 200 Å². The number of hydrogen-bond acceptors (Lipinski definition) is 4. The number of hydrogen-bond donors (Lipinski definition) is 1. The van der Waals surface area contributed by atoms with Crippen LogP contribution in [0.25, 0.3) is 0 Å². The van der Waals surface area contributed by atoms with Crippen LogP contribution in [-0.2, 0) is 23.0 Å². The average molecular weight is 485 g/mol. The SMILES string of the molecule is COc1ccc(C(=O)N[C@@H](C)CCc2ccccc2)cc1CN(c1ccc(F)cc1)S(C)(=O)=O. The van der Waals surface area contributed by atoms with E-state index in [1.54, 1.807) is 18.2 Å². The fourth-order valence-corrected chi connectivity index (χ4v) is 4.49. The van der Waals surface area contributed by atoms with Crippen molar-refractivity contribution in [3.05, 3.63) is 95.3 Å². The van der Waals surface area contributed by atoms with E-state index in [9.17, 15) is 17.6 Å². The third-order valence-corrected chi connectivity index (χ3v) is 6.60. The molecule has 3 aromatic rings. The summed E-state index contributed by atoms with van der Waals surface area (Å²) in [5, 5.41) is 3.00. The van der Waals surface area contributed by atoms with Crippen LogP contribution in [0.15, 0.2) is 72.8 Å². The maximum Gasteiger partial charge on any atom is 0.251 e. The number of nitrogens with zero attached hydrogens (tertiary/aromatic N) is 1. The van der Waals surface area contributed by atoms with Crippen molar-refractivity contribution in [1.29, 1.82) is 0 Å². The van der Waals surface area contributed by atoms with Crippen LogP contribution in [0.2, 0.25) is 0 Å². The number of methoxy groups -OCH3 is 1. The molecule has 3 rings (SSSR count). The van der Waals surface area contributed by atoms with Gasteiger partial charge in [0.05, 0.1) is 25.6 Å². The second-order valence-corrected chi connectivity index (χ2v) is 10.1. The molecule has 180 valence electrons. The molecule has 0 saturated carbocycles. The van der Waals surface area contributed by atoms with Crippen LogP contribution in [0.1, 0.15) is 34.8 Å². The molecular weight excluding hydrogens is 455 g/mol. The topological polar surface area (TPSA) is 75.7 Å². The summed E-state index contributed by atoms with van der Waals surface area (Å²) >= 11 is 0. The first kappa shape index (κ1) is 25.2. The van der Waals surface area contributed by atoms with Crippen molar-refractivity contribution in [2.75, 3.05) is 17.7 Å². The van der Waals surface area contributed by atoms with E-state index in [1.165, 1.54) is 36.9 Å². The highest BCUT2D eigenvalue weighted by Gasteiger charge is 2.21. The molecule has 34 heavy (non-hydrogen) atoms. The maximum absolute atomic E-state index is 13.4. The van der Waals surface area contributed by atoms with Gasteiger partial charge in [-0.2, -0.15) is 0 Å². The zero-order chi connectivity index (χ0) is 24.7. The molecule has 0 aromatic heterocycles. The maximum atomic E-state index is 13.4. The van der Waals surface area contributed by atoms with Gasteiger partial charge in [-0.15, -0.1) is 0 Å². The Morgan fingerprint density at radius 2 is 1.74 bits per heavy atom. The Morgan fingerprint density at radius 1 is 1.06 bits per heavy atom. The van der Waals surface area contributed by atoms with Crippen molar-refractivity contribution >= 4 is 21.6 Å². The summed E-state index contributed by atoms with van der Waals surface area (Å²) in [4.78, 5) is 12.9. The standard InChI is InChI=1S/C26H29FN2O4S/c1-19(9-10-20-7-5-4-6-8-20)28-26(30)21-11-16-25(33-2)22(17-21)18-29(34(3,31)32)24-14-12-23(27)13-15-24/h4-8,11-17,19H,9-10,18H2,1-3H3,(H,28,30)/t19-/m0/s1. The first-order valence-corrected chi connectivity index (χ1v) is 12.8. The van der Waals surface area contributed by atoms with Gasteiger partial charge in [-0.25, -0.2) is 12.8 Å². The second-order valence-electron chi connectivity index (χ2n) is 8.17. The largest absolute Gasteiger partial charge is 0.496 e. The predicted molar refractivity (Wildman–Crippen MR) is 132 cm³/mol. The molecule has 0 radical (unpaired) electrons. The molecule has 0 aliphatic rings. The van der Waals surface area contributed by atoms with Gasteiger partial charge >= 0.3 is 0 Å². The number of nitrogens with one attached hydrogen (secondary N) is 1. The normalized spacial score (nSPS) is 12.1. The highest BCUT2D eigenvalue weighted by Crippen LogP contribution is 2.27. The van der Waals surface area contributed by atoms with Gasteiger partial charge in [-0.3, -0.25) is 9.10 Å². The number of halogens is 1. The molecule has 0 saturated heterocycles. The van der Waals surface area contributed by atoms with Crippen molar-refractivity contribution in [3.63, 3.8) is 0 Å². The van der Waals surface area contributed by atoms with Gasteiger partial charge in [0.25, 0.3) is 5.91 Å². The minimum atomic E-state index is -3.69. The van der Waals surface area contributed by atoms with Gasteiger partial charge in [0, 0.05) is 17.2 Å². The van der Waals surface area contributed by atoms with Gasteiger partial charge < -0.3 is 10.1 Å². The lowest BCUT2D eigenvalue weighted by Gasteiger charge is -2.24. The quantitative estimate of drug-likeness (QED) is 0.458. The number of amides is 1. The van der Waals surface area contributed by atoms with Gasteiger partial charge in [0.15, 0.2) is 0 Å². The average Bonchev–Trinajstić information content (AvgIpc) is 2.81. The zero-order valence-electron chi connectivity index (χ0n) is 19.5. The monoisotopic (exact) mass is 484 g/mol. The molecule has 1 amide bonds. The minimum Gasteiger partial charge on any atom is -0.496 e. The summed E-state index contributed by atoms with van der Waals surface area (Å²) < 4.78 is 44.9. The van der Waals surface area contributed by atoms with E-state index in [4.69, 9.17) is 4.74 Å². The molecule has 0 unspecified atom stereocenters. The van der Waals surface area contributed by atoms with Gasteiger partial charge in [-0.05, 0) is 67.8 Å². The molecule has 0 heterocycles. The Morgan fingerprint density at radius 3 is 2.35 bits per heavy atom. The fourth-order valence-electron chi connectivity index (χ4n) is 3.61. The third-order valence-electron chi connectivity index (χ3n) is 5.46. The molecule has 8 heteroatoms. The molecule has 1 N–H and O–H groups in total. The number of sulfonamides is 1. The van der Waals surface area contributed by atoms with Crippen LogP contribution < -0.4 is 14.4 Å². The predicted octanol–water partition coefficient (Wildman–Crippen LogP) is 4.55. The Balaban J connectivity index is 1.77. The first-order chi connectivity index (χ1) is 16.2. The highest BCUT2D eigenvalue weighted by atomic mass is 32.2. The second kappa shape index (κ2) is 11.2. The molecule has 0 aliphatic carbocycles. The number of rotatable bonds is 10. The molecule has 0 spiro atoms. The fraction of sp³-hybridized carbons (Fsp3) is 0.269.